The number of carbonyl (C=O) groups excluding carboxylic acids is 1. The molecule has 2 aromatic rings. The first-order chi connectivity index (χ1) is 12.8. The number of amides is 1. The summed E-state index contributed by atoms with van der Waals surface area (Å²) in [5.41, 5.74) is 1.55. The van der Waals surface area contributed by atoms with Crippen LogP contribution in [-0.4, -0.2) is 52.1 Å². The topological polar surface area (TPSA) is 85.2 Å². The van der Waals surface area contributed by atoms with E-state index in [0.29, 0.717) is 36.6 Å². The molecule has 0 unspecified atom stereocenters. The SMILES string of the molecule is O=C(NCC1CN(c2ccc(C3CC3)nn2)C1)c1cc2n(n1)CCCO2. The van der Waals surface area contributed by atoms with Gasteiger partial charge in [0.05, 0.1) is 12.3 Å². The predicted molar refractivity (Wildman–Crippen MR) is 94.4 cm³/mol. The fraction of sp³-hybridized carbons (Fsp3) is 0.556. The number of aromatic nitrogens is 4. The molecule has 2 fully saturated rings. The number of hydrogen-bond donors (Lipinski definition) is 1. The summed E-state index contributed by atoms with van der Waals surface area (Å²) in [5, 5.41) is 16.0. The van der Waals surface area contributed by atoms with Gasteiger partial charge in [-0.05, 0) is 25.0 Å². The molecule has 0 spiro atoms. The van der Waals surface area contributed by atoms with Crippen molar-refractivity contribution in [3.8, 4) is 5.88 Å². The van der Waals surface area contributed by atoms with E-state index in [9.17, 15) is 4.79 Å². The van der Waals surface area contributed by atoms with Gasteiger partial charge in [-0.15, -0.1) is 5.10 Å². The maximum Gasteiger partial charge on any atom is 0.271 e. The first-order valence-electron chi connectivity index (χ1n) is 9.34. The lowest BCUT2D eigenvalue weighted by molar-refractivity contribution is 0.0938. The average Bonchev–Trinajstić information content (AvgIpc) is 3.39. The fourth-order valence-electron chi connectivity index (χ4n) is 3.49. The summed E-state index contributed by atoms with van der Waals surface area (Å²) < 4.78 is 7.26. The third-order valence-corrected chi connectivity index (χ3v) is 5.24. The second kappa shape index (κ2) is 6.26. The molecule has 0 bridgehead atoms. The van der Waals surface area contributed by atoms with Gasteiger partial charge < -0.3 is 15.0 Å². The van der Waals surface area contributed by atoms with E-state index in [1.54, 1.807) is 10.7 Å². The third-order valence-electron chi connectivity index (χ3n) is 5.24. The molecule has 0 radical (unpaired) electrons. The van der Waals surface area contributed by atoms with Crippen LogP contribution in [-0.2, 0) is 6.54 Å². The molecule has 1 N–H and O–H groups in total. The van der Waals surface area contributed by atoms with E-state index < -0.39 is 0 Å². The van der Waals surface area contributed by atoms with Gasteiger partial charge in [-0.1, -0.05) is 0 Å². The van der Waals surface area contributed by atoms with Crippen molar-refractivity contribution in [2.75, 3.05) is 31.1 Å². The van der Waals surface area contributed by atoms with Crippen molar-refractivity contribution in [2.24, 2.45) is 5.92 Å². The highest BCUT2D eigenvalue weighted by molar-refractivity contribution is 5.92. The number of carbonyl (C=O) groups is 1. The Kier molecular flexibility index (Phi) is 3.76. The van der Waals surface area contributed by atoms with Gasteiger partial charge in [0, 0.05) is 50.5 Å². The van der Waals surface area contributed by atoms with Gasteiger partial charge in [0.25, 0.3) is 5.91 Å². The van der Waals surface area contributed by atoms with E-state index in [0.717, 1.165) is 37.6 Å². The maximum absolute atomic E-state index is 12.3. The van der Waals surface area contributed by atoms with Crippen LogP contribution in [0.3, 0.4) is 0 Å². The van der Waals surface area contributed by atoms with Crippen LogP contribution in [0.25, 0.3) is 0 Å². The second-order valence-corrected chi connectivity index (χ2v) is 7.36. The first kappa shape index (κ1) is 15.6. The Morgan fingerprint density at radius 3 is 2.88 bits per heavy atom. The van der Waals surface area contributed by atoms with Crippen LogP contribution in [0.2, 0.25) is 0 Å². The number of rotatable bonds is 5. The van der Waals surface area contributed by atoms with Crippen molar-refractivity contribution in [3.05, 3.63) is 29.6 Å². The number of nitrogens with zero attached hydrogens (tertiary/aromatic N) is 5. The molecule has 0 atom stereocenters. The molecule has 5 rings (SSSR count). The Labute approximate surface area is 151 Å². The minimum Gasteiger partial charge on any atom is -0.478 e. The third kappa shape index (κ3) is 3.00. The number of hydrogen-bond acceptors (Lipinski definition) is 6. The molecule has 1 saturated heterocycles. The zero-order chi connectivity index (χ0) is 17.5. The van der Waals surface area contributed by atoms with Crippen molar-refractivity contribution >= 4 is 11.7 Å². The molecule has 8 heteroatoms. The quantitative estimate of drug-likeness (QED) is 0.868. The highest BCUT2D eigenvalue weighted by Gasteiger charge is 2.30. The lowest BCUT2D eigenvalue weighted by atomic mass is 10.00. The van der Waals surface area contributed by atoms with E-state index >= 15 is 0 Å². The Morgan fingerprint density at radius 2 is 2.15 bits per heavy atom. The zero-order valence-corrected chi connectivity index (χ0v) is 14.6. The van der Waals surface area contributed by atoms with Gasteiger partial charge in [-0.25, -0.2) is 4.68 Å². The number of aryl methyl sites for hydroxylation is 1. The molecule has 1 saturated carbocycles. The molecule has 136 valence electrons. The fourth-order valence-corrected chi connectivity index (χ4v) is 3.49. The van der Waals surface area contributed by atoms with Gasteiger partial charge in [-0.3, -0.25) is 4.79 Å². The Morgan fingerprint density at radius 1 is 1.27 bits per heavy atom. The van der Waals surface area contributed by atoms with E-state index in [1.165, 1.54) is 12.8 Å². The van der Waals surface area contributed by atoms with Crippen molar-refractivity contribution < 1.29 is 9.53 Å². The molecule has 2 aromatic heterocycles. The van der Waals surface area contributed by atoms with Gasteiger partial charge in [0.1, 0.15) is 0 Å². The standard InChI is InChI=1S/C18H22N6O2/c25-18(15-8-17-24(22-15)6-1-7-26-17)19-9-12-10-23(11-12)16-5-4-14(20-21-16)13-2-3-13/h4-5,8,12-13H,1-3,6-7,9-11H2,(H,19,25). The van der Waals surface area contributed by atoms with Crippen molar-refractivity contribution in [1.29, 1.82) is 0 Å². The van der Waals surface area contributed by atoms with Crippen LogP contribution in [0.1, 0.15) is 41.4 Å². The summed E-state index contributed by atoms with van der Waals surface area (Å²) in [7, 11) is 0. The normalized spacial score (nSPS) is 19.5. The second-order valence-electron chi connectivity index (χ2n) is 7.36. The average molecular weight is 354 g/mol. The minimum atomic E-state index is -0.137. The van der Waals surface area contributed by atoms with Gasteiger partial charge in [0.15, 0.2) is 11.5 Å². The molecule has 26 heavy (non-hydrogen) atoms. The van der Waals surface area contributed by atoms with E-state index in [1.807, 2.05) is 0 Å². The van der Waals surface area contributed by atoms with E-state index in [4.69, 9.17) is 4.74 Å². The van der Waals surface area contributed by atoms with Gasteiger partial charge >= 0.3 is 0 Å². The molecule has 3 aliphatic rings. The summed E-state index contributed by atoms with van der Waals surface area (Å²) in [6.45, 7) is 3.92. The van der Waals surface area contributed by atoms with Crippen LogP contribution < -0.4 is 15.0 Å². The number of nitrogens with one attached hydrogen (secondary N) is 1. The Balaban J connectivity index is 1.10. The molecule has 2 aliphatic heterocycles. The van der Waals surface area contributed by atoms with Crippen LogP contribution in [0.5, 0.6) is 5.88 Å². The number of ether oxygens (including phenoxy) is 1. The molecule has 1 aliphatic carbocycles. The van der Waals surface area contributed by atoms with Gasteiger partial charge in [-0.2, -0.15) is 10.2 Å². The summed E-state index contributed by atoms with van der Waals surface area (Å²) in [5.74, 6) is 2.54. The lowest BCUT2D eigenvalue weighted by Crippen LogP contribution is -2.52. The molecular formula is C18H22N6O2. The van der Waals surface area contributed by atoms with Crippen molar-refractivity contribution in [3.63, 3.8) is 0 Å². The summed E-state index contributed by atoms with van der Waals surface area (Å²) in [4.78, 5) is 14.5. The largest absolute Gasteiger partial charge is 0.478 e. The van der Waals surface area contributed by atoms with Crippen LogP contribution in [0.4, 0.5) is 5.82 Å². The van der Waals surface area contributed by atoms with Crippen LogP contribution >= 0.6 is 0 Å². The van der Waals surface area contributed by atoms with E-state index in [2.05, 4.69) is 37.6 Å². The first-order valence-corrected chi connectivity index (χ1v) is 9.34. The summed E-state index contributed by atoms with van der Waals surface area (Å²) >= 11 is 0. The number of anilines is 1. The molecular weight excluding hydrogens is 332 g/mol. The summed E-state index contributed by atoms with van der Waals surface area (Å²) in [6, 6.07) is 5.88. The monoisotopic (exact) mass is 354 g/mol. The molecule has 8 nitrogen and oxygen atoms in total. The molecule has 4 heterocycles. The Hall–Kier alpha value is -2.64. The van der Waals surface area contributed by atoms with Crippen molar-refractivity contribution in [1.82, 2.24) is 25.3 Å². The Bertz CT molecular complexity index is 784. The molecule has 1 amide bonds. The molecule has 0 aromatic carbocycles. The predicted octanol–water partition coefficient (Wildman–Crippen LogP) is 1.20. The van der Waals surface area contributed by atoms with Crippen LogP contribution in [0.15, 0.2) is 18.2 Å². The number of fused-ring (bicyclic) bond motifs is 1. The van der Waals surface area contributed by atoms with Gasteiger partial charge in [0.2, 0.25) is 5.88 Å². The summed E-state index contributed by atoms with van der Waals surface area (Å²) in [6.07, 6.45) is 3.41. The smallest absolute Gasteiger partial charge is 0.271 e. The van der Waals surface area contributed by atoms with Crippen molar-refractivity contribution in [2.45, 2.75) is 31.7 Å². The maximum atomic E-state index is 12.3. The zero-order valence-electron chi connectivity index (χ0n) is 14.6. The highest BCUT2D eigenvalue weighted by atomic mass is 16.5. The lowest BCUT2D eigenvalue weighted by Gasteiger charge is -2.39. The highest BCUT2D eigenvalue weighted by Crippen LogP contribution is 2.38. The van der Waals surface area contributed by atoms with E-state index in [-0.39, 0.29) is 5.91 Å². The minimum absolute atomic E-state index is 0.137. The van der Waals surface area contributed by atoms with Crippen LogP contribution in [0, 0.1) is 5.92 Å².